The summed E-state index contributed by atoms with van der Waals surface area (Å²) in [7, 11) is 0. The minimum Gasteiger partial charge on any atom is -0.388 e. The van der Waals surface area contributed by atoms with Crippen LogP contribution in [0.2, 0.25) is 0 Å². The summed E-state index contributed by atoms with van der Waals surface area (Å²) in [6, 6.07) is 0. The minimum absolute atomic E-state index is 0.0432. The second-order valence-corrected chi connectivity index (χ2v) is 7.82. The molecule has 4 atom stereocenters. The molecule has 0 aromatic heterocycles. The van der Waals surface area contributed by atoms with E-state index in [1.165, 1.54) is 70.6 Å². The van der Waals surface area contributed by atoms with E-state index in [-0.39, 0.29) is 13.2 Å². The van der Waals surface area contributed by atoms with Crippen LogP contribution in [0, 0.1) is 0 Å². The van der Waals surface area contributed by atoms with E-state index in [1.807, 2.05) is 6.08 Å². The molecule has 0 amide bonds. The van der Waals surface area contributed by atoms with E-state index in [0.29, 0.717) is 6.61 Å². The summed E-state index contributed by atoms with van der Waals surface area (Å²) >= 11 is 0. The van der Waals surface area contributed by atoms with Gasteiger partial charge in [0, 0.05) is 6.61 Å². The van der Waals surface area contributed by atoms with Gasteiger partial charge in [-0.15, -0.1) is 6.58 Å². The molecule has 0 saturated carbocycles. The lowest BCUT2D eigenvalue weighted by molar-refractivity contribution is -0.199. The van der Waals surface area contributed by atoms with E-state index >= 15 is 0 Å². The highest BCUT2D eigenvalue weighted by atomic mass is 16.6. The molecule has 1 saturated heterocycles. The van der Waals surface area contributed by atoms with E-state index in [2.05, 4.69) is 6.58 Å². The number of hydrogen-bond donors (Lipinski definition) is 3. The SMILES string of the molecule is C=CCCCCCCCCCCCCCCOC[C@H]1OC[C@H](O)[C@@H](O)[C@@H]1O. The Bertz CT molecular complexity index is 350. The van der Waals surface area contributed by atoms with Gasteiger partial charge in [0.2, 0.25) is 0 Å². The summed E-state index contributed by atoms with van der Waals surface area (Å²) < 4.78 is 10.9. The zero-order valence-electron chi connectivity index (χ0n) is 17.1. The van der Waals surface area contributed by atoms with Crippen LogP contribution in [0.5, 0.6) is 0 Å². The lowest BCUT2D eigenvalue weighted by Crippen LogP contribution is -2.54. The average Bonchev–Trinajstić information content (AvgIpc) is 2.67. The van der Waals surface area contributed by atoms with Crippen molar-refractivity contribution in [2.45, 2.75) is 108 Å². The molecular formula is C22H42O5. The molecular weight excluding hydrogens is 344 g/mol. The topological polar surface area (TPSA) is 79.2 Å². The Labute approximate surface area is 165 Å². The van der Waals surface area contributed by atoms with Crippen molar-refractivity contribution in [2.24, 2.45) is 0 Å². The van der Waals surface area contributed by atoms with Crippen molar-refractivity contribution in [1.82, 2.24) is 0 Å². The number of allylic oxidation sites excluding steroid dienone is 1. The maximum absolute atomic E-state index is 9.81. The quantitative estimate of drug-likeness (QED) is 0.262. The maximum Gasteiger partial charge on any atom is 0.111 e. The second-order valence-electron chi connectivity index (χ2n) is 7.82. The molecule has 0 unspecified atom stereocenters. The molecule has 0 spiro atoms. The third-order valence-electron chi connectivity index (χ3n) is 5.34. The molecule has 1 aliphatic rings. The second kappa shape index (κ2) is 16.5. The average molecular weight is 387 g/mol. The van der Waals surface area contributed by atoms with Gasteiger partial charge in [0.25, 0.3) is 0 Å². The van der Waals surface area contributed by atoms with E-state index in [4.69, 9.17) is 9.47 Å². The Kier molecular flexibility index (Phi) is 15.0. The molecule has 0 aromatic rings. The van der Waals surface area contributed by atoms with Crippen LogP contribution in [0.1, 0.15) is 83.5 Å². The van der Waals surface area contributed by atoms with Gasteiger partial charge in [0.05, 0.1) is 13.2 Å². The van der Waals surface area contributed by atoms with Gasteiger partial charge in [0.1, 0.15) is 24.4 Å². The standard InChI is InChI=1S/C22H42O5/c1-2-3-4-5-6-7-8-9-10-11-12-13-14-15-16-26-18-20-22(25)21(24)19(23)17-27-20/h2,19-25H,1,3-18H2/t19-,20+,21+,22+/m0/s1. The Hall–Kier alpha value is -0.460. The summed E-state index contributed by atoms with van der Waals surface area (Å²) in [5.41, 5.74) is 0. The van der Waals surface area contributed by atoms with Crippen LogP contribution < -0.4 is 0 Å². The van der Waals surface area contributed by atoms with E-state index in [0.717, 1.165) is 12.8 Å². The highest BCUT2D eigenvalue weighted by Gasteiger charge is 2.37. The summed E-state index contributed by atoms with van der Waals surface area (Å²) in [5, 5.41) is 28.8. The van der Waals surface area contributed by atoms with Crippen molar-refractivity contribution in [3.05, 3.63) is 12.7 Å². The lowest BCUT2D eigenvalue weighted by Gasteiger charge is -2.35. The number of ether oxygens (including phenoxy) is 2. The number of aliphatic hydroxyl groups is 3. The lowest BCUT2D eigenvalue weighted by atomic mass is 10.0. The van der Waals surface area contributed by atoms with Gasteiger partial charge in [-0.3, -0.25) is 0 Å². The van der Waals surface area contributed by atoms with Gasteiger partial charge >= 0.3 is 0 Å². The van der Waals surface area contributed by atoms with Gasteiger partial charge in [-0.2, -0.15) is 0 Å². The molecule has 1 heterocycles. The highest BCUT2D eigenvalue weighted by Crippen LogP contribution is 2.16. The molecule has 1 rings (SSSR count). The maximum atomic E-state index is 9.81. The summed E-state index contributed by atoms with van der Waals surface area (Å²) in [6.07, 6.45) is 14.9. The molecule has 1 fully saturated rings. The van der Waals surface area contributed by atoms with Crippen LogP contribution in [0.3, 0.4) is 0 Å². The molecule has 0 aromatic carbocycles. The van der Waals surface area contributed by atoms with Crippen molar-refractivity contribution in [3.63, 3.8) is 0 Å². The normalized spacial score (nSPS) is 25.6. The minimum atomic E-state index is -1.15. The third kappa shape index (κ3) is 11.9. The fourth-order valence-electron chi connectivity index (χ4n) is 3.47. The van der Waals surface area contributed by atoms with Gasteiger partial charge in [-0.1, -0.05) is 70.3 Å². The zero-order chi connectivity index (χ0) is 19.7. The molecule has 1 aliphatic heterocycles. The fraction of sp³-hybridized carbons (Fsp3) is 0.909. The Balaban J connectivity index is 1.79. The number of unbranched alkanes of at least 4 members (excludes halogenated alkanes) is 12. The molecule has 0 radical (unpaired) electrons. The number of hydrogen-bond acceptors (Lipinski definition) is 5. The number of rotatable bonds is 17. The Morgan fingerprint density at radius 3 is 1.85 bits per heavy atom. The smallest absolute Gasteiger partial charge is 0.111 e. The first kappa shape index (κ1) is 24.6. The van der Waals surface area contributed by atoms with Crippen LogP contribution in [0.4, 0.5) is 0 Å². The predicted octanol–water partition coefficient (Wildman–Crippen LogP) is 3.74. The largest absolute Gasteiger partial charge is 0.388 e. The molecule has 27 heavy (non-hydrogen) atoms. The number of aliphatic hydroxyl groups excluding tert-OH is 3. The Morgan fingerprint density at radius 2 is 1.30 bits per heavy atom. The third-order valence-corrected chi connectivity index (χ3v) is 5.34. The van der Waals surface area contributed by atoms with Gasteiger partial charge in [-0.05, 0) is 19.3 Å². The predicted molar refractivity (Wildman–Crippen MR) is 109 cm³/mol. The Morgan fingerprint density at radius 1 is 0.778 bits per heavy atom. The van der Waals surface area contributed by atoms with Gasteiger partial charge < -0.3 is 24.8 Å². The zero-order valence-corrected chi connectivity index (χ0v) is 17.1. The molecule has 0 aliphatic carbocycles. The van der Waals surface area contributed by atoms with E-state index < -0.39 is 24.4 Å². The molecule has 160 valence electrons. The van der Waals surface area contributed by atoms with Crippen molar-refractivity contribution in [3.8, 4) is 0 Å². The van der Waals surface area contributed by atoms with E-state index in [9.17, 15) is 15.3 Å². The van der Waals surface area contributed by atoms with Crippen LogP contribution in [0.15, 0.2) is 12.7 Å². The van der Waals surface area contributed by atoms with Crippen molar-refractivity contribution >= 4 is 0 Å². The van der Waals surface area contributed by atoms with Gasteiger partial charge in [0.15, 0.2) is 0 Å². The fourth-order valence-corrected chi connectivity index (χ4v) is 3.47. The van der Waals surface area contributed by atoms with Crippen LogP contribution in [-0.2, 0) is 9.47 Å². The van der Waals surface area contributed by atoms with Crippen LogP contribution in [-0.4, -0.2) is 59.6 Å². The summed E-state index contributed by atoms with van der Waals surface area (Å²) in [4.78, 5) is 0. The van der Waals surface area contributed by atoms with Crippen LogP contribution >= 0.6 is 0 Å². The molecule has 5 nitrogen and oxygen atoms in total. The summed E-state index contributed by atoms with van der Waals surface area (Å²) in [6.45, 7) is 4.71. The first-order valence-corrected chi connectivity index (χ1v) is 11.0. The van der Waals surface area contributed by atoms with Crippen molar-refractivity contribution < 1.29 is 24.8 Å². The molecule has 3 N–H and O–H groups in total. The summed E-state index contributed by atoms with van der Waals surface area (Å²) in [5.74, 6) is 0. The highest BCUT2D eigenvalue weighted by molar-refractivity contribution is 4.86. The van der Waals surface area contributed by atoms with Crippen molar-refractivity contribution in [2.75, 3.05) is 19.8 Å². The first-order chi connectivity index (χ1) is 13.2. The van der Waals surface area contributed by atoms with Crippen molar-refractivity contribution in [1.29, 1.82) is 0 Å². The molecule has 5 heteroatoms. The van der Waals surface area contributed by atoms with E-state index in [1.54, 1.807) is 0 Å². The van der Waals surface area contributed by atoms with Crippen LogP contribution in [0.25, 0.3) is 0 Å². The monoisotopic (exact) mass is 386 g/mol. The van der Waals surface area contributed by atoms with Gasteiger partial charge in [-0.25, -0.2) is 0 Å². The first-order valence-electron chi connectivity index (χ1n) is 11.0. The molecule has 0 bridgehead atoms.